The molecule has 4 rings (SSSR count). The van der Waals surface area contributed by atoms with Crippen LogP contribution in [0.5, 0.6) is 5.75 Å². The van der Waals surface area contributed by atoms with Crippen LogP contribution in [0.3, 0.4) is 0 Å². The first-order chi connectivity index (χ1) is 19.2. The Morgan fingerprint density at radius 2 is 1.75 bits per heavy atom. The van der Waals surface area contributed by atoms with Gasteiger partial charge in [0.05, 0.1) is 23.1 Å². The number of rotatable bonds is 9. The number of hydrogen-bond donors (Lipinski definition) is 4. The van der Waals surface area contributed by atoms with Crippen LogP contribution < -0.4 is 21.7 Å². The minimum absolute atomic E-state index is 0.0491. The van der Waals surface area contributed by atoms with Crippen molar-refractivity contribution in [1.82, 2.24) is 4.98 Å². The molecule has 0 aliphatic carbocycles. The molecule has 3 aromatic carbocycles. The van der Waals surface area contributed by atoms with E-state index in [1.165, 1.54) is 0 Å². The third kappa shape index (κ3) is 6.40. The van der Waals surface area contributed by atoms with E-state index in [4.69, 9.17) is 11.5 Å². The van der Waals surface area contributed by atoms with Crippen molar-refractivity contribution in [3.63, 3.8) is 0 Å². The van der Waals surface area contributed by atoms with Crippen molar-refractivity contribution >= 4 is 23.1 Å². The quantitative estimate of drug-likeness (QED) is 0.221. The van der Waals surface area contributed by atoms with Gasteiger partial charge in [-0.15, -0.1) is 0 Å². The van der Waals surface area contributed by atoms with Crippen molar-refractivity contribution in [3.8, 4) is 34.2 Å². The summed E-state index contributed by atoms with van der Waals surface area (Å²) < 4.78 is 0. The molecule has 1 heterocycles. The van der Waals surface area contributed by atoms with Crippen LogP contribution in [0, 0.1) is 17.2 Å². The lowest BCUT2D eigenvalue weighted by molar-refractivity contribution is -0.117. The van der Waals surface area contributed by atoms with E-state index in [2.05, 4.69) is 16.4 Å². The molecule has 0 aliphatic rings. The van der Waals surface area contributed by atoms with Gasteiger partial charge >= 0.3 is 0 Å². The number of para-hydroxylation sites is 1. The van der Waals surface area contributed by atoms with Gasteiger partial charge in [-0.2, -0.15) is 5.26 Å². The van der Waals surface area contributed by atoms with Gasteiger partial charge in [0.25, 0.3) is 0 Å². The fourth-order valence-corrected chi connectivity index (χ4v) is 4.66. The SMILES string of the molecule is CC(C)C[C@H](N)C(=O)Nc1cc(-c2cc(-c3ccccc3O)nc(N)c2C#N)ccc1N(C)Cc1ccccc1. The Bertz CT molecular complexity index is 1550. The van der Waals surface area contributed by atoms with E-state index >= 15 is 0 Å². The van der Waals surface area contributed by atoms with Gasteiger partial charge < -0.3 is 26.8 Å². The average molecular weight is 535 g/mol. The summed E-state index contributed by atoms with van der Waals surface area (Å²) in [7, 11) is 1.95. The van der Waals surface area contributed by atoms with Gasteiger partial charge in [-0.05, 0) is 53.8 Å². The van der Waals surface area contributed by atoms with E-state index in [1.807, 2.05) is 74.3 Å². The molecular weight excluding hydrogens is 500 g/mol. The first-order valence-corrected chi connectivity index (χ1v) is 13.1. The number of nitrogens with one attached hydrogen (secondary N) is 1. The molecule has 6 N–H and O–H groups in total. The summed E-state index contributed by atoms with van der Waals surface area (Å²) in [6.45, 7) is 4.66. The van der Waals surface area contributed by atoms with Gasteiger partial charge in [0, 0.05) is 24.7 Å². The average Bonchev–Trinajstić information content (AvgIpc) is 2.93. The predicted octanol–water partition coefficient (Wildman–Crippen LogP) is 5.52. The summed E-state index contributed by atoms with van der Waals surface area (Å²) in [5, 5.41) is 23.4. The smallest absolute Gasteiger partial charge is 0.241 e. The second kappa shape index (κ2) is 12.3. The lowest BCUT2D eigenvalue weighted by Gasteiger charge is -2.25. The molecule has 0 unspecified atom stereocenters. The number of carbonyl (C=O) groups excluding carboxylic acids is 1. The molecule has 40 heavy (non-hydrogen) atoms. The zero-order chi connectivity index (χ0) is 28.8. The van der Waals surface area contributed by atoms with Crippen molar-refractivity contribution in [3.05, 3.63) is 90.0 Å². The molecule has 0 fully saturated rings. The number of benzene rings is 3. The summed E-state index contributed by atoms with van der Waals surface area (Å²) in [6, 6.07) is 25.6. The van der Waals surface area contributed by atoms with Gasteiger partial charge in [-0.1, -0.05) is 62.4 Å². The Morgan fingerprint density at radius 3 is 2.42 bits per heavy atom. The first kappa shape index (κ1) is 28.1. The Morgan fingerprint density at radius 1 is 1.05 bits per heavy atom. The fourth-order valence-electron chi connectivity index (χ4n) is 4.66. The zero-order valence-electron chi connectivity index (χ0n) is 22.9. The van der Waals surface area contributed by atoms with Crippen LogP contribution in [-0.2, 0) is 11.3 Å². The van der Waals surface area contributed by atoms with Crippen molar-refractivity contribution in [2.75, 3.05) is 23.0 Å². The van der Waals surface area contributed by atoms with E-state index in [1.54, 1.807) is 30.3 Å². The van der Waals surface area contributed by atoms with E-state index in [0.717, 1.165) is 11.3 Å². The molecule has 0 bridgehead atoms. The number of nitriles is 1. The number of aromatic hydroxyl groups is 1. The van der Waals surface area contributed by atoms with Crippen LogP contribution in [0.4, 0.5) is 17.2 Å². The third-order valence-electron chi connectivity index (χ3n) is 6.64. The third-order valence-corrected chi connectivity index (χ3v) is 6.64. The van der Waals surface area contributed by atoms with Crippen molar-refractivity contribution in [2.45, 2.75) is 32.9 Å². The first-order valence-electron chi connectivity index (χ1n) is 13.1. The molecule has 0 radical (unpaired) electrons. The van der Waals surface area contributed by atoms with Crippen molar-refractivity contribution in [1.29, 1.82) is 5.26 Å². The Balaban J connectivity index is 1.81. The largest absolute Gasteiger partial charge is 0.507 e. The number of carbonyl (C=O) groups is 1. The number of nitrogens with two attached hydrogens (primary N) is 2. The van der Waals surface area contributed by atoms with Gasteiger partial charge in [-0.3, -0.25) is 4.79 Å². The number of pyridine rings is 1. The van der Waals surface area contributed by atoms with Crippen LogP contribution in [0.1, 0.15) is 31.4 Å². The topological polar surface area (TPSA) is 141 Å². The summed E-state index contributed by atoms with van der Waals surface area (Å²) in [5.74, 6) is 0.0751. The van der Waals surface area contributed by atoms with Crippen LogP contribution in [0.15, 0.2) is 78.9 Å². The van der Waals surface area contributed by atoms with E-state index < -0.39 is 6.04 Å². The number of nitrogen functional groups attached to an aromatic ring is 1. The zero-order valence-corrected chi connectivity index (χ0v) is 22.9. The van der Waals surface area contributed by atoms with Gasteiger partial charge in [-0.25, -0.2) is 4.98 Å². The Kier molecular flexibility index (Phi) is 8.67. The molecule has 0 saturated heterocycles. The molecule has 1 amide bonds. The maximum atomic E-state index is 13.1. The normalized spacial score (nSPS) is 11.6. The number of hydrogen-bond acceptors (Lipinski definition) is 7. The summed E-state index contributed by atoms with van der Waals surface area (Å²) in [6.07, 6.45) is 0.546. The highest BCUT2D eigenvalue weighted by Gasteiger charge is 2.20. The minimum atomic E-state index is -0.671. The number of amides is 1. The monoisotopic (exact) mass is 534 g/mol. The molecule has 1 atom stereocenters. The summed E-state index contributed by atoms with van der Waals surface area (Å²) in [4.78, 5) is 19.5. The highest BCUT2D eigenvalue weighted by Crippen LogP contribution is 2.37. The van der Waals surface area contributed by atoms with Crippen LogP contribution in [0.2, 0.25) is 0 Å². The summed E-state index contributed by atoms with van der Waals surface area (Å²) in [5.41, 5.74) is 17.2. The molecule has 204 valence electrons. The number of nitrogens with zero attached hydrogens (tertiary/aromatic N) is 3. The van der Waals surface area contributed by atoms with Gasteiger partial charge in [0.1, 0.15) is 23.2 Å². The number of anilines is 3. The maximum absolute atomic E-state index is 13.1. The number of phenolic OH excluding ortho intramolecular Hbond substituents is 1. The highest BCUT2D eigenvalue weighted by molar-refractivity contribution is 5.99. The molecule has 0 saturated carbocycles. The van der Waals surface area contributed by atoms with Gasteiger partial charge in [0.15, 0.2) is 0 Å². The molecule has 8 heteroatoms. The molecule has 1 aromatic heterocycles. The molecule has 8 nitrogen and oxygen atoms in total. The van der Waals surface area contributed by atoms with Crippen LogP contribution in [0.25, 0.3) is 22.4 Å². The molecule has 0 spiro atoms. The second-order valence-electron chi connectivity index (χ2n) is 10.2. The molecule has 4 aromatic rings. The highest BCUT2D eigenvalue weighted by atomic mass is 16.3. The van der Waals surface area contributed by atoms with E-state index in [0.29, 0.717) is 41.0 Å². The molecular formula is C32H34N6O2. The summed E-state index contributed by atoms with van der Waals surface area (Å²) >= 11 is 0. The van der Waals surface area contributed by atoms with E-state index in [9.17, 15) is 15.2 Å². The molecule has 0 aliphatic heterocycles. The standard InChI is InChI=1S/C32H34N6O2/c1-20(2)15-26(34)32(40)37-28-16-22(13-14-29(28)38(3)19-21-9-5-4-6-10-21)24-17-27(36-31(35)25(24)18-33)23-11-7-8-12-30(23)39/h4-14,16-17,20,26,39H,15,19,34H2,1-3H3,(H2,35,36)(H,37,40)/t26-/m0/s1. The number of aromatic nitrogens is 1. The lowest BCUT2D eigenvalue weighted by atomic mass is 9.97. The van der Waals surface area contributed by atoms with E-state index in [-0.39, 0.29) is 29.0 Å². The van der Waals surface area contributed by atoms with Gasteiger partial charge in [0.2, 0.25) is 5.91 Å². The van der Waals surface area contributed by atoms with Crippen molar-refractivity contribution in [2.24, 2.45) is 11.7 Å². The lowest BCUT2D eigenvalue weighted by Crippen LogP contribution is -2.37. The predicted molar refractivity (Wildman–Crippen MR) is 161 cm³/mol. The number of phenols is 1. The van der Waals surface area contributed by atoms with Crippen LogP contribution >= 0.6 is 0 Å². The minimum Gasteiger partial charge on any atom is -0.507 e. The Labute approximate surface area is 234 Å². The van der Waals surface area contributed by atoms with Crippen LogP contribution in [-0.4, -0.2) is 29.1 Å². The Hall–Kier alpha value is -4.87. The van der Waals surface area contributed by atoms with Crippen molar-refractivity contribution < 1.29 is 9.90 Å². The second-order valence-corrected chi connectivity index (χ2v) is 10.2. The maximum Gasteiger partial charge on any atom is 0.241 e. The fraction of sp³-hybridized carbons (Fsp3) is 0.219.